The van der Waals surface area contributed by atoms with Gasteiger partial charge in [0.25, 0.3) is 5.56 Å². The second kappa shape index (κ2) is 6.13. The van der Waals surface area contributed by atoms with E-state index in [0.29, 0.717) is 16.8 Å². The van der Waals surface area contributed by atoms with Crippen LogP contribution in [0.4, 0.5) is 0 Å². The lowest BCUT2D eigenvalue weighted by molar-refractivity contribution is 0.415. The average molecular weight is 342 g/mol. The summed E-state index contributed by atoms with van der Waals surface area (Å²) in [7, 11) is 3.12. The molecule has 0 aliphatic heterocycles. The number of nitrogens with zero attached hydrogens (tertiary/aromatic N) is 2. The van der Waals surface area contributed by atoms with Gasteiger partial charge in [-0.1, -0.05) is 24.3 Å². The number of thiophene rings is 1. The van der Waals surface area contributed by atoms with E-state index in [1.165, 1.54) is 18.4 Å². The highest BCUT2D eigenvalue weighted by molar-refractivity contribution is 7.17. The zero-order valence-electron chi connectivity index (χ0n) is 13.8. The van der Waals surface area contributed by atoms with E-state index >= 15 is 0 Å². The van der Waals surface area contributed by atoms with Gasteiger partial charge in [-0.05, 0) is 24.6 Å². The third-order valence-electron chi connectivity index (χ3n) is 3.88. The predicted octanol–water partition coefficient (Wildman–Crippen LogP) is 3.01. The molecule has 0 atom stereocenters. The largest absolute Gasteiger partial charge is 0.497 e. The molecule has 0 fully saturated rings. The van der Waals surface area contributed by atoms with E-state index in [2.05, 4.69) is 6.58 Å². The summed E-state index contributed by atoms with van der Waals surface area (Å²) < 4.78 is 7.94. The van der Waals surface area contributed by atoms with Crippen molar-refractivity contribution in [1.82, 2.24) is 9.13 Å². The van der Waals surface area contributed by atoms with Crippen molar-refractivity contribution in [2.24, 2.45) is 7.05 Å². The Balaban J connectivity index is 2.32. The highest BCUT2D eigenvalue weighted by Crippen LogP contribution is 2.32. The van der Waals surface area contributed by atoms with Crippen LogP contribution in [0.1, 0.15) is 6.92 Å². The molecular weight excluding hydrogens is 324 g/mol. The third kappa shape index (κ3) is 2.59. The van der Waals surface area contributed by atoms with Gasteiger partial charge in [0, 0.05) is 24.5 Å². The van der Waals surface area contributed by atoms with E-state index in [-0.39, 0.29) is 11.2 Å². The molecule has 0 saturated heterocycles. The molecule has 2 heterocycles. The van der Waals surface area contributed by atoms with Crippen molar-refractivity contribution in [3.8, 4) is 16.9 Å². The molecule has 5 nitrogen and oxygen atoms in total. The molecule has 0 aliphatic rings. The van der Waals surface area contributed by atoms with Gasteiger partial charge >= 0.3 is 5.69 Å². The van der Waals surface area contributed by atoms with Crippen molar-refractivity contribution in [2.75, 3.05) is 7.11 Å². The van der Waals surface area contributed by atoms with Gasteiger partial charge in [-0.3, -0.25) is 13.9 Å². The summed E-state index contributed by atoms with van der Waals surface area (Å²) >= 11 is 1.40. The van der Waals surface area contributed by atoms with E-state index in [4.69, 9.17) is 4.74 Å². The maximum absolute atomic E-state index is 12.7. The van der Waals surface area contributed by atoms with Gasteiger partial charge in [0.2, 0.25) is 0 Å². The third-order valence-corrected chi connectivity index (χ3v) is 4.88. The van der Waals surface area contributed by atoms with Gasteiger partial charge in [-0.25, -0.2) is 4.79 Å². The number of hydrogen-bond acceptors (Lipinski definition) is 4. The van der Waals surface area contributed by atoms with Crippen LogP contribution in [0.3, 0.4) is 0 Å². The van der Waals surface area contributed by atoms with Crippen molar-refractivity contribution >= 4 is 21.6 Å². The number of ether oxygens (including phenoxy) is 1. The van der Waals surface area contributed by atoms with Crippen molar-refractivity contribution in [3.63, 3.8) is 0 Å². The summed E-state index contributed by atoms with van der Waals surface area (Å²) in [6.07, 6.45) is 0. The fourth-order valence-corrected chi connectivity index (χ4v) is 3.74. The lowest BCUT2D eigenvalue weighted by atomic mass is 10.1. The Labute approximate surface area is 143 Å². The van der Waals surface area contributed by atoms with Gasteiger partial charge in [0.15, 0.2) is 0 Å². The number of benzene rings is 1. The minimum Gasteiger partial charge on any atom is -0.497 e. The first-order chi connectivity index (χ1) is 11.4. The van der Waals surface area contributed by atoms with Crippen LogP contribution in [0.2, 0.25) is 0 Å². The number of methoxy groups -OCH3 is 1. The summed E-state index contributed by atoms with van der Waals surface area (Å²) in [5, 5.41) is 2.48. The number of rotatable bonds is 4. The molecule has 3 aromatic rings. The highest BCUT2D eigenvalue weighted by Gasteiger charge is 2.17. The normalized spacial score (nSPS) is 11.0. The zero-order valence-corrected chi connectivity index (χ0v) is 14.6. The first-order valence-electron chi connectivity index (χ1n) is 7.44. The fourth-order valence-electron chi connectivity index (χ4n) is 2.67. The first kappa shape index (κ1) is 16.3. The lowest BCUT2D eigenvalue weighted by Gasteiger charge is -2.10. The Morgan fingerprint density at radius 3 is 2.50 bits per heavy atom. The van der Waals surface area contributed by atoms with E-state index in [0.717, 1.165) is 27.0 Å². The second-order valence-corrected chi connectivity index (χ2v) is 6.61. The van der Waals surface area contributed by atoms with Gasteiger partial charge in [-0.15, -0.1) is 11.3 Å². The van der Waals surface area contributed by atoms with Crippen molar-refractivity contribution in [1.29, 1.82) is 0 Å². The van der Waals surface area contributed by atoms with Gasteiger partial charge in [0.1, 0.15) is 10.6 Å². The minimum atomic E-state index is -0.321. The summed E-state index contributed by atoms with van der Waals surface area (Å²) in [6.45, 7) is 6.14. The van der Waals surface area contributed by atoms with E-state index in [1.807, 2.05) is 36.6 Å². The number of allylic oxidation sites excluding steroid dienone is 1. The van der Waals surface area contributed by atoms with Crippen LogP contribution in [0, 0.1) is 0 Å². The quantitative estimate of drug-likeness (QED) is 0.685. The van der Waals surface area contributed by atoms with Gasteiger partial charge in [-0.2, -0.15) is 0 Å². The maximum Gasteiger partial charge on any atom is 0.332 e. The SMILES string of the molecule is C=C(C)Cn1c(=O)n(C)c(=O)c2c(-c3ccc(OC)cc3)csc21. The summed E-state index contributed by atoms with van der Waals surface area (Å²) in [5.74, 6) is 0.755. The van der Waals surface area contributed by atoms with E-state index in [1.54, 1.807) is 11.7 Å². The number of hydrogen-bond donors (Lipinski definition) is 0. The van der Waals surface area contributed by atoms with Crippen molar-refractivity contribution in [2.45, 2.75) is 13.5 Å². The molecule has 6 heteroatoms. The maximum atomic E-state index is 12.7. The highest BCUT2D eigenvalue weighted by atomic mass is 32.1. The van der Waals surface area contributed by atoms with Gasteiger partial charge < -0.3 is 4.74 Å². The molecule has 1 aromatic carbocycles. The standard InChI is InChI=1S/C18H18N2O3S/c1-11(2)9-20-17-15(16(21)19(3)18(20)22)14(10-24-17)12-5-7-13(23-4)8-6-12/h5-8,10H,1,9H2,2-4H3. The molecule has 0 unspecified atom stereocenters. The monoisotopic (exact) mass is 342 g/mol. The summed E-state index contributed by atoms with van der Waals surface area (Å²) in [6, 6.07) is 7.53. The topological polar surface area (TPSA) is 53.2 Å². The molecule has 0 bridgehead atoms. The van der Waals surface area contributed by atoms with E-state index in [9.17, 15) is 9.59 Å². The Morgan fingerprint density at radius 1 is 1.25 bits per heavy atom. The molecule has 0 amide bonds. The molecule has 3 rings (SSSR count). The van der Waals surface area contributed by atoms with Crippen LogP contribution in [0.25, 0.3) is 21.3 Å². The van der Waals surface area contributed by atoms with Crippen LogP contribution in [-0.4, -0.2) is 16.2 Å². The second-order valence-electron chi connectivity index (χ2n) is 5.75. The number of fused-ring (bicyclic) bond motifs is 1. The van der Waals surface area contributed by atoms with Crippen molar-refractivity contribution < 1.29 is 4.74 Å². The van der Waals surface area contributed by atoms with E-state index < -0.39 is 0 Å². The van der Waals surface area contributed by atoms with Crippen LogP contribution in [0.5, 0.6) is 5.75 Å². The molecule has 24 heavy (non-hydrogen) atoms. The van der Waals surface area contributed by atoms with Crippen LogP contribution >= 0.6 is 11.3 Å². The molecule has 0 radical (unpaired) electrons. The number of aromatic nitrogens is 2. The smallest absolute Gasteiger partial charge is 0.332 e. The van der Waals surface area contributed by atoms with Crippen LogP contribution < -0.4 is 16.0 Å². The summed E-state index contributed by atoms with van der Waals surface area (Å²) in [4.78, 5) is 25.8. The Kier molecular flexibility index (Phi) is 4.15. The molecule has 0 saturated carbocycles. The predicted molar refractivity (Wildman–Crippen MR) is 98.1 cm³/mol. The molecule has 0 N–H and O–H groups in total. The first-order valence-corrected chi connectivity index (χ1v) is 8.32. The Hall–Kier alpha value is -2.60. The molecule has 2 aromatic heterocycles. The molecular formula is C18H18N2O3S. The minimum absolute atomic E-state index is 0.278. The Bertz CT molecular complexity index is 1040. The zero-order chi connectivity index (χ0) is 17.4. The average Bonchev–Trinajstić information content (AvgIpc) is 3.01. The molecule has 0 aliphatic carbocycles. The fraction of sp³-hybridized carbons (Fsp3) is 0.222. The Morgan fingerprint density at radius 2 is 1.92 bits per heavy atom. The molecule has 124 valence electrons. The molecule has 0 spiro atoms. The van der Waals surface area contributed by atoms with Crippen LogP contribution in [-0.2, 0) is 13.6 Å². The van der Waals surface area contributed by atoms with Crippen molar-refractivity contribution in [3.05, 3.63) is 62.6 Å². The van der Waals surface area contributed by atoms with Gasteiger partial charge in [0.05, 0.1) is 12.5 Å². The van der Waals surface area contributed by atoms with Crippen LogP contribution in [0.15, 0.2) is 51.4 Å². The summed E-state index contributed by atoms with van der Waals surface area (Å²) in [5.41, 5.74) is 2.00. The lowest BCUT2D eigenvalue weighted by Crippen LogP contribution is -2.37.